The van der Waals surface area contributed by atoms with Crippen LogP contribution in [0.15, 0.2) is 12.1 Å². The summed E-state index contributed by atoms with van der Waals surface area (Å²) in [5.74, 6) is 0.0484. The molecule has 0 saturated heterocycles. The van der Waals surface area contributed by atoms with Crippen molar-refractivity contribution in [2.75, 3.05) is 13.1 Å². The first-order chi connectivity index (χ1) is 7.65. The Hall–Kier alpha value is -1.29. The van der Waals surface area contributed by atoms with Crippen LogP contribution in [0.3, 0.4) is 0 Å². The lowest BCUT2D eigenvalue weighted by Crippen LogP contribution is -2.34. The maximum Gasteiger partial charge on any atom is 0.234 e. The number of aryl methyl sites for hydroxylation is 1. The van der Waals surface area contributed by atoms with Gasteiger partial charge in [0, 0.05) is 18.4 Å². The molecule has 0 aliphatic rings. The van der Waals surface area contributed by atoms with E-state index < -0.39 is 0 Å². The Morgan fingerprint density at radius 3 is 2.75 bits per heavy atom. The molecule has 0 atom stereocenters. The van der Waals surface area contributed by atoms with E-state index in [1.807, 2.05) is 20.0 Å². The summed E-state index contributed by atoms with van der Waals surface area (Å²) < 4.78 is 2.08. The van der Waals surface area contributed by atoms with Crippen molar-refractivity contribution >= 4 is 5.91 Å². The number of carbonyl (C=O) groups excluding carboxylic acids is 1. The molecular formula is C12H21N3O. The predicted octanol–water partition coefficient (Wildman–Crippen LogP) is 0.949. The highest BCUT2D eigenvalue weighted by Crippen LogP contribution is 2.04. The molecule has 1 aromatic heterocycles. The molecule has 0 spiro atoms. The van der Waals surface area contributed by atoms with Gasteiger partial charge in [-0.05, 0) is 32.0 Å². The average molecular weight is 223 g/mol. The van der Waals surface area contributed by atoms with Gasteiger partial charge in [-0.15, -0.1) is 0 Å². The van der Waals surface area contributed by atoms with Crippen molar-refractivity contribution in [1.29, 1.82) is 0 Å². The van der Waals surface area contributed by atoms with Gasteiger partial charge in [-0.25, -0.2) is 0 Å². The van der Waals surface area contributed by atoms with Crippen molar-refractivity contribution < 1.29 is 4.79 Å². The highest BCUT2D eigenvalue weighted by Gasteiger charge is 2.03. The lowest BCUT2D eigenvalue weighted by atomic mass is 10.4. The van der Waals surface area contributed by atoms with Gasteiger partial charge in [0.05, 0.1) is 13.1 Å². The molecule has 4 heteroatoms. The second kappa shape index (κ2) is 6.33. The van der Waals surface area contributed by atoms with Gasteiger partial charge in [-0.1, -0.05) is 6.92 Å². The number of hydrogen-bond acceptors (Lipinski definition) is 2. The van der Waals surface area contributed by atoms with Gasteiger partial charge in [0.2, 0.25) is 5.91 Å². The Morgan fingerprint density at radius 1 is 1.44 bits per heavy atom. The molecule has 2 N–H and O–H groups in total. The second-order valence-electron chi connectivity index (χ2n) is 3.98. The minimum absolute atomic E-state index is 0.0484. The summed E-state index contributed by atoms with van der Waals surface area (Å²) in [5.41, 5.74) is 2.33. The molecule has 1 aromatic rings. The molecule has 0 aromatic carbocycles. The molecule has 1 amide bonds. The fraction of sp³-hybridized carbons (Fsp3) is 0.583. The van der Waals surface area contributed by atoms with Crippen molar-refractivity contribution in [3.05, 3.63) is 23.5 Å². The van der Waals surface area contributed by atoms with E-state index in [1.165, 1.54) is 5.69 Å². The summed E-state index contributed by atoms with van der Waals surface area (Å²) in [6, 6.07) is 4.09. The van der Waals surface area contributed by atoms with Crippen LogP contribution in [0, 0.1) is 6.92 Å². The summed E-state index contributed by atoms with van der Waals surface area (Å²) in [6.45, 7) is 6.01. The zero-order valence-corrected chi connectivity index (χ0v) is 10.3. The van der Waals surface area contributed by atoms with E-state index in [4.69, 9.17) is 0 Å². The normalized spacial score (nSPS) is 10.4. The smallest absolute Gasteiger partial charge is 0.234 e. The maximum absolute atomic E-state index is 11.4. The number of rotatable bonds is 6. The average Bonchev–Trinajstić information content (AvgIpc) is 2.58. The van der Waals surface area contributed by atoms with E-state index in [0.717, 1.165) is 18.7 Å². The van der Waals surface area contributed by atoms with E-state index in [2.05, 4.69) is 28.2 Å². The Labute approximate surface area is 97.0 Å². The van der Waals surface area contributed by atoms with Crippen LogP contribution in [0.1, 0.15) is 24.7 Å². The van der Waals surface area contributed by atoms with E-state index in [9.17, 15) is 4.79 Å². The predicted molar refractivity (Wildman–Crippen MR) is 65.2 cm³/mol. The minimum Gasteiger partial charge on any atom is -0.350 e. The third-order valence-electron chi connectivity index (χ3n) is 2.66. The number of nitrogens with one attached hydrogen (secondary N) is 2. The topological polar surface area (TPSA) is 46.1 Å². The molecule has 0 aliphatic carbocycles. The molecule has 4 nitrogen and oxygen atoms in total. The highest BCUT2D eigenvalue weighted by molar-refractivity contribution is 5.77. The molecule has 0 saturated carbocycles. The van der Waals surface area contributed by atoms with Crippen LogP contribution in [0.2, 0.25) is 0 Å². The Balaban J connectivity index is 2.29. The standard InChI is InChI=1S/C12H21N3O/c1-4-7-13-9-12(16)14-8-11-6-5-10(2)15(11)3/h5-6,13H,4,7-9H2,1-3H3,(H,14,16). The fourth-order valence-corrected chi connectivity index (χ4v) is 1.47. The van der Waals surface area contributed by atoms with E-state index >= 15 is 0 Å². The van der Waals surface area contributed by atoms with Gasteiger partial charge >= 0.3 is 0 Å². The van der Waals surface area contributed by atoms with Crippen LogP contribution < -0.4 is 10.6 Å². The molecule has 90 valence electrons. The number of nitrogens with zero attached hydrogens (tertiary/aromatic N) is 1. The van der Waals surface area contributed by atoms with Crippen molar-refractivity contribution in [3.63, 3.8) is 0 Å². The fourth-order valence-electron chi connectivity index (χ4n) is 1.47. The van der Waals surface area contributed by atoms with Crippen LogP contribution in [-0.2, 0) is 18.4 Å². The quantitative estimate of drug-likeness (QED) is 0.705. The monoisotopic (exact) mass is 223 g/mol. The lowest BCUT2D eigenvalue weighted by Gasteiger charge is -2.08. The van der Waals surface area contributed by atoms with Crippen molar-refractivity contribution in [2.45, 2.75) is 26.8 Å². The molecule has 0 bridgehead atoms. The molecule has 16 heavy (non-hydrogen) atoms. The summed E-state index contributed by atoms with van der Waals surface area (Å²) in [6.07, 6.45) is 1.05. The lowest BCUT2D eigenvalue weighted by molar-refractivity contribution is -0.120. The third-order valence-corrected chi connectivity index (χ3v) is 2.66. The summed E-state index contributed by atoms with van der Waals surface area (Å²) in [7, 11) is 2.01. The first-order valence-corrected chi connectivity index (χ1v) is 5.73. The molecule has 0 unspecified atom stereocenters. The summed E-state index contributed by atoms with van der Waals surface area (Å²) in [5, 5.41) is 5.96. The van der Waals surface area contributed by atoms with Gasteiger partial charge < -0.3 is 15.2 Å². The number of hydrogen-bond donors (Lipinski definition) is 2. The Morgan fingerprint density at radius 2 is 2.19 bits per heavy atom. The number of amides is 1. The molecule has 1 heterocycles. The first-order valence-electron chi connectivity index (χ1n) is 5.73. The summed E-state index contributed by atoms with van der Waals surface area (Å²) >= 11 is 0. The second-order valence-corrected chi connectivity index (χ2v) is 3.98. The van der Waals surface area contributed by atoms with Crippen LogP contribution in [0.4, 0.5) is 0 Å². The minimum atomic E-state index is 0.0484. The number of carbonyl (C=O) groups is 1. The van der Waals surface area contributed by atoms with Gasteiger partial charge in [0.25, 0.3) is 0 Å². The van der Waals surface area contributed by atoms with Crippen molar-refractivity contribution in [2.24, 2.45) is 7.05 Å². The van der Waals surface area contributed by atoms with Gasteiger partial charge in [-0.3, -0.25) is 4.79 Å². The summed E-state index contributed by atoms with van der Waals surface area (Å²) in [4.78, 5) is 11.4. The van der Waals surface area contributed by atoms with Crippen LogP contribution >= 0.6 is 0 Å². The zero-order chi connectivity index (χ0) is 12.0. The van der Waals surface area contributed by atoms with Crippen molar-refractivity contribution in [1.82, 2.24) is 15.2 Å². The molecule has 1 rings (SSSR count). The highest BCUT2D eigenvalue weighted by atomic mass is 16.1. The molecular weight excluding hydrogens is 202 g/mol. The first kappa shape index (κ1) is 12.8. The van der Waals surface area contributed by atoms with Crippen molar-refractivity contribution in [3.8, 4) is 0 Å². The number of aromatic nitrogens is 1. The molecule has 0 aliphatic heterocycles. The zero-order valence-electron chi connectivity index (χ0n) is 10.3. The van der Waals surface area contributed by atoms with Gasteiger partial charge in [0.1, 0.15) is 0 Å². The third kappa shape index (κ3) is 3.70. The largest absolute Gasteiger partial charge is 0.350 e. The van der Waals surface area contributed by atoms with Crippen LogP contribution in [0.25, 0.3) is 0 Å². The van der Waals surface area contributed by atoms with E-state index in [1.54, 1.807) is 0 Å². The van der Waals surface area contributed by atoms with Crippen LogP contribution in [-0.4, -0.2) is 23.6 Å². The van der Waals surface area contributed by atoms with E-state index in [0.29, 0.717) is 13.1 Å². The van der Waals surface area contributed by atoms with Gasteiger partial charge in [-0.2, -0.15) is 0 Å². The Kier molecular flexibility index (Phi) is 5.05. The SMILES string of the molecule is CCCNCC(=O)NCc1ccc(C)n1C. The molecule has 0 radical (unpaired) electrons. The maximum atomic E-state index is 11.4. The van der Waals surface area contributed by atoms with Crippen LogP contribution in [0.5, 0.6) is 0 Å². The van der Waals surface area contributed by atoms with E-state index in [-0.39, 0.29) is 5.91 Å². The Bertz CT molecular complexity index is 344. The van der Waals surface area contributed by atoms with Gasteiger partial charge in [0.15, 0.2) is 0 Å². The molecule has 0 fully saturated rings.